The fourth-order valence-corrected chi connectivity index (χ4v) is 3.88. The Kier molecular flexibility index (Phi) is 10.3. The van der Waals surface area contributed by atoms with Gasteiger partial charge >= 0.3 is 6.03 Å². The topological polar surface area (TPSA) is 85.0 Å². The molecule has 0 saturated carbocycles. The molecule has 1 heterocycles. The zero-order valence-electron chi connectivity index (χ0n) is 20.5. The van der Waals surface area contributed by atoms with E-state index in [0.29, 0.717) is 49.9 Å². The quantitative estimate of drug-likeness (QED) is 0.564. The second-order valence-electron chi connectivity index (χ2n) is 9.20. The van der Waals surface area contributed by atoms with E-state index >= 15 is 0 Å². The first-order valence-electron chi connectivity index (χ1n) is 11.8. The molecule has 1 aromatic rings. The molecule has 0 unspecified atom stereocenters. The second-order valence-corrected chi connectivity index (χ2v) is 9.61. The van der Waals surface area contributed by atoms with E-state index in [1.165, 1.54) is 0 Å². The van der Waals surface area contributed by atoms with E-state index in [1.54, 1.807) is 11.0 Å². The van der Waals surface area contributed by atoms with Crippen LogP contribution >= 0.6 is 11.6 Å². The molecule has 1 aliphatic rings. The predicted octanol–water partition coefficient (Wildman–Crippen LogP) is 3.80. The number of carbonyl (C=O) groups is 3. The summed E-state index contributed by atoms with van der Waals surface area (Å²) in [6.07, 6.45) is 1.21. The first-order chi connectivity index (χ1) is 15.6. The highest BCUT2D eigenvalue weighted by Gasteiger charge is 2.23. The molecule has 1 aliphatic heterocycles. The molecule has 9 heteroatoms. The van der Waals surface area contributed by atoms with E-state index < -0.39 is 0 Å². The summed E-state index contributed by atoms with van der Waals surface area (Å²) in [7, 11) is 0. The lowest BCUT2D eigenvalue weighted by Gasteiger charge is -2.36. The maximum Gasteiger partial charge on any atom is 0.317 e. The summed E-state index contributed by atoms with van der Waals surface area (Å²) >= 11 is 6.35. The van der Waals surface area contributed by atoms with Gasteiger partial charge in [0.2, 0.25) is 11.8 Å². The van der Waals surface area contributed by atoms with Crippen LogP contribution in [0.2, 0.25) is 5.02 Å². The number of anilines is 2. The highest BCUT2D eigenvalue weighted by atomic mass is 35.5. The summed E-state index contributed by atoms with van der Waals surface area (Å²) < 4.78 is 0. The minimum Gasteiger partial charge on any atom is -0.368 e. The summed E-state index contributed by atoms with van der Waals surface area (Å²) in [5, 5.41) is 6.24. The van der Waals surface area contributed by atoms with Crippen molar-refractivity contribution in [3.63, 3.8) is 0 Å². The van der Waals surface area contributed by atoms with Crippen LogP contribution in [0.3, 0.4) is 0 Å². The lowest BCUT2D eigenvalue weighted by Crippen LogP contribution is -2.52. The summed E-state index contributed by atoms with van der Waals surface area (Å²) in [5.41, 5.74) is 1.45. The van der Waals surface area contributed by atoms with Crippen LogP contribution in [0.1, 0.15) is 47.5 Å². The van der Waals surface area contributed by atoms with Crippen molar-refractivity contribution in [1.29, 1.82) is 0 Å². The number of halogens is 1. The van der Waals surface area contributed by atoms with Gasteiger partial charge in [-0.15, -0.1) is 0 Å². The smallest absolute Gasteiger partial charge is 0.317 e. The molecule has 8 nitrogen and oxygen atoms in total. The lowest BCUT2D eigenvalue weighted by molar-refractivity contribution is -0.135. The van der Waals surface area contributed by atoms with Crippen LogP contribution in [-0.4, -0.2) is 73.0 Å². The molecule has 0 spiro atoms. The van der Waals surface area contributed by atoms with Crippen LogP contribution in [0.15, 0.2) is 18.2 Å². The minimum atomic E-state index is -0.269. The van der Waals surface area contributed by atoms with E-state index in [1.807, 2.05) is 51.7 Å². The molecule has 0 atom stereocenters. The van der Waals surface area contributed by atoms with Crippen LogP contribution in [0.5, 0.6) is 0 Å². The third kappa shape index (κ3) is 8.42. The molecule has 1 aromatic carbocycles. The molecule has 33 heavy (non-hydrogen) atoms. The Morgan fingerprint density at radius 2 is 1.76 bits per heavy atom. The Labute approximate surface area is 202 Å². The summed E-state index contributed by atoms with van der Waals surface area (Å²) in [5.74, 6) is -0.0426. The van der Waals surface area contributed by atoms with Gasteiger partial charge in [-0.25, -0.2) is 4.79 Å². The number of piperazine rings is 1. The molecule has 1 saturated heterocycles. The number of urea groups is 1. The number of nitrogens with one attached hydrogen (secondary N) is 2. The van der Waals surface area contributed by atoms with Gasteiger partial charge in [0.05, 0.1) is 17.3 Å². The number of carbonyl (C=O) groups excluding carboxylic acids is 3. The van der Waals surface area contributed by atoms with Gasteiger partial charge in [-0.05, 0) is 44.4 Å². The first kappa shape index (κ1) is 26.8. The summed E-state index contributed by atoms with van der Waals surface area (Å²) in [6, 6.07) is 5.59. The molecule has 2 N–H and O–H groups in total. The number of rotatable bonds is 9. The zero-order valence-corrected chi connectivity index (χ0v) is 21.2. The molecular formula is C24H38ClN5O3. The van der Waals surface area contributed by atoms with Gasteiger partial charge in [0, 0.05) is 50.9 Å². The van der Waals surface area contributed by atoms with Gasteiger partial charge in [-0.2, -0.15) is 0 Å². The van der Waals surface area contributed by atoms with E-state index in [0.717, 1.165) is 12.1 Å². The van der Waals surface area contributed by atoms with Crippen LogP contribution < -0.4 is 15.5 Å². The second kappa shape index (κ2) is 12.7. The molecule has 1 fully saturated rings. The van der Waals surface area contributed by atoms with Gasteiger partial charge in [0.25, 0.3) is 0 Å². The largest absolute Gasteiger partial charge is 0.368 e. The fraction of sp³-hybridized carbons (Fsp3) is 0.625. The molecule has 0 bridgehead atoms. The van der Waals surface area contributed by atoms with Crippen molar-refractivity contribution in [1.82, 2.24) is 15.1 Å². The Hall–Kier alpha value is -2.48. The third-order valence-electron chi connectivity index (χ3n) is 5.33. The van der Waals surface area contributed by atoms with Crippen molar-refractivity contribution in [2.45, 2.75) is 53.5 Å². The van der Waals surface area contributed by atoms with Crippen molar-refractivity contribution in [2.75, 3.05) is 49.5 Å². The van der Waals surface area contributed by atoms with E-state index in [9.17, 15) is 14.4 Å². The van der Waals surface area contributed by atoms with Gasteiger partial charge in [-0.3, -0.25) is 9.59 Å². The number of nitrogens with zero attached hydrogens (tertiary/aromatic N) is 3. The highest BCUT2D eigenvalue weighted by molar-refractivity contribution is 6.33. The number of hydrogen-bond donors (Lipinski definition) is 2. The third-order valence-corrected chi connectivity index (χ3v) is 5.66. The van der Waals surface area contributed by atoms with Crippen molar-refractivity contribution in [3.05, 3.63) is 23.2 Å². The van der Waals surface area contributed by atoms with E-state index in [4.69, 9.17) is 11.6 Å². The maximum atomic E-state index is 12.7. The number of hydrogen-bond acceptors (Lipinski definition) is 4. The van der Waals surface area contributed by atoms with Gasteiger partial charge in [0.15, 0.2) is 0 Å². The van der Waals surface area contributed by atoms with Crippen LogP contribution in [0.4, 0.5) is 16.2 Å². The Bertz CT molecular complexity index is 822. The van der Waals surface area contributed by atoms with Gasteiger partial charge < -0.3 is 25.3 Å². The number of benzene rings is 1. The SMILES string of the molecule is CCCN(CC(=O)Nc1cc(N2CCN(C(=O)NC(C)C)CC2)ccc1Cl)C(=O)CC(C)C. The zero-order chi connectivity index (χ0) is 24.5. The molecule has 0 aromatic heterocycles. The molecular weight excluding hydrogens is 442 g/mol. The molecule has 184 valence electrons. The monoisotopic (exact) mass is 479 g/mol. The standard InChI is InChI=1S/C24H38ClN5O3/c1-6-9-30(23(32)14-17(2)3)16-22(31)27-21-15-19(7-8-20(21)25)28-10-12-29(13-11-28)24(33)26-18(4)5/h7-8,15,17-18H,6,9-14,16H2,1-5H3,(H,26,33)(H,27,31). The van der Waals surface area contributed by atoms with Crippen LogP contribution in [0.25, 0.3) is 0 Å². The Morgan fingerprint density at radius 1 is 1.09 bits per heavy atom. The minimum absolute atomic E-state index is 0.00356. The molecule has 0 aliphatic carbocycles. The first-order valence-corrected chi connectivity index (χ1v) is 12.2. The average molecular weight is 480 g/mol. The van der Waals surface area contributed by atoms with E-state index in [2.05, 4.69) is 15.5 Å². The average Bonchev–Trinajstić information content (AvgIpc) is 2.74. The van der Waals surface area contributed by atoms with Crippen LogP contribution in [0, 0.1) is 5.92 Å². The normalized spacial score (nSPS) is 13.9. The predicted molar refractivity (Wildman–Crippen MR) is 134 cm³/mol. The van der Waals surface area contributed by atoms with Gasteiger partial charge in [-0.1, -0.05) is 32.4 Å². The Morgan fingerprint density at radius 3 is 2.33 bits per heavy atom. The highest BCUT2D eigenvalue weighted by Crippen LogP contribution is 2.28. The molecule has 4 amide bonds. The van der Waals surface area contributed by atoms with Crippen molar-refractivity contribution < 1.29 is 14.4 Å². The van der Waals surface area contributed by atoms with E-state index in [-0.39, 0.29) is 36.3 Å². The summed E-state index contributed by atoms with van der Waals surface area (Å²) in [4.78, 5) is 43.0. The van der Waals surface area contributed by atoms with Gasteiger partial charge in [0.1, 0.15) is 0 Å². The fourth-order valence-electron chi connectivity index (χ4n) is 3.71. The molecule has 0 radical (unpaired) electrons. The van der Waals surface area contributed by atoms with Crippen molar-refractivity contribution >= 4 is 40.8 Å². The molecule has 2 rings (SSSR count). The van der Waals surface area contributed by atoms with Crippen LogP contribution in [-0.2, 0) is 9.59 Å². The number of amides is 4. The van der Waals surface area contributed by atoms with Crippen molar-refractivity contribution in [2.24, 2.45) is 5.92 Å². The lowest BCUT2D eigenvalue weighted by atomic mass is 10.1. The van der Waals surface area contributed by atoms with Crippen molar-refractivity contribution in [3.8, 4) is 0 Å². The summed E-state index contributed by atoms with van der Waals surface area (Å²) in [6.45, 7) is 13.0. The maximum absolute atomic E-state index is 12.7. The Balaban J connectivity index is 2.00.